The van der Waals surface area contributed by atoms with E-state index in [1.807, 2.05) is 12.1 Å². The number of halogens is 3. The molecule has 0 nitrogen and oxygen atoms in total. The molecule has 0 spiro atoms. The lowest BCUT2D eigenvalue weighted by molar-refractivity contribution is 0.316. The molecule has 0 radical (unpaired) electrons. The summed E-state index contributed by atoms with van der Waals surface area (Å²) in [6.45, 7) is 2.26. The standard InChI is InChI=1S/C28H37F3Si/c1-2-3-4-5-21-6-13-26(14-7-21)32(31)18-16-24(17-19-32)22-8-10-23(11-9-22)25-12-15-27(29)28(30)20-25/h8-12,15,20-21,24,26H,2-7,13-14,16-19H2,1H3/t21?,24-,26?,32+. The van der Waals surface area contributed by atoms with Crippen molar-refractivity contribution in [2.45, 2.75) is 94.7 Å². The van der Waals surface area contributed by atoms with Crippen LogP contribution >= 0.6 is 0 Å². The maximum Gasteiger partial charge on any atom is 0.250 e. The topological polar surface area (TPSA) is 0 Å². The van der Waals surface area contributed by atoms with Crippen molar-refractivity contribution in [2.24, 2.45) is 5.92 Å². The highest BCUT2D eigenvalue weighted by molar-refractivity contribution is 6.74. The van der Waals surface area contributed by atoms with Crippen LogP contribution < -0.4 is 0 Å². The zero-order valence-corrected chi connectivity index (χ0v) is 20.4. The molecule has 1 saturated carbocycles. The summed E-state index contributed by atoms with van der Waals surface area (Å²) >= 11 is 0. The monoisotopic (exact) mass is 458 g/mol. The molecule has 1 aliphatic heterocycles. The second-order valence-electron chi connectivity index (χ2n) is 10.3. The molecule has 2 fully saturated rings. The Hall–Kier alpha value is -1.55. The lowest BCUT2D eigenvalue weighted by Gasteiger charge is -2.40. The predicted octanol–water partition coefficient (Wildman–Crippen LogP) is 9.56. The van der Waals surface area contributed by atoms with Crippen molar-refractivity contribution >= 4 is 8.41 Å². The van der Waals surface area contributed by atoms with Crippen LogP contribution in [0.4, 0.5) is 12.9 Å². The number of rotatable bonds is 7. The second kappa shape index (κ2) is 10.6. The van der Waals surface area contributed by atoms with Crippen molar-refractivity contribution in [2.75, 3.05) is 0 Å². The van der Waals surface area contributed by atoms with Crippen LogP contribution in [0.15, 0.2) is 42.5 Å². The van der Waals surface area contributed by atoms with Crippen molar-refractivity contribution in [3.05, 3.63) is 59.7 Å². The van der Waals surface area contributed by atoms with E-state index in [0.717, 1.165) is 49.3 Å². The van der Waals surface area contributed by atoms with E-state index < -0.39 is 20.0 Å². The minimum absolute atomic E-state index is 0.390. The molecule has 2 aromatic carbocycles. The van der Waals surface area contributed by atoms with Crippen molar-refractivity contribution in [1.29, 1.82) is 0 Å². The molecule has 4 rings (SSSR count). The summed E-state index contributed by atoms with van der Waals surface area (Å²) in [6, 6.07) is 13.8. The van der Waals surface area contributed by atoms with Crippen LogP contribution in [-0.4, -0.2) is 8.41 Å². The number of hydrogen-bond acceptors (Lipinski definition) is 0. The van der Waals surface area contributed by atoms with Crippen LogP contribution in [0.25, 0.3) is 11.1 Å². The summed E-state index contributed by atoms with van der Waals surface area (Å²) in [5, 5.41) is 0. The first-order valence-electron chi connectivity index (χ1n) is 12.7. The Morgan fingerprint density at radius 1 is 0.781 bits per heavy atom. The number of hydrogen-bond donors (Lipinski definition) is 0. The van der Waals surface area contributed by atoms with Crippen molar-refractivity contribution in [1.82, 2.24) is 0 Å². The maximum atomic E-state index is 16.0. The lowest BCUT2D eigenvalue weighted by Crippen LogP contribution is -2.40. The minimum Gasteiger partial charge on any atom is -0.314 e. The quantitative estimate of drug-likeness (QED) is 0.220. The average Bonchev–Trinajstić information content (AvgIpc) is 2.82. The Labute approximate surface area is 192 Å². The maximum absolute atomic E-state index is 16.0. The molecule has 0 bridgehead atoms. The third kappa shape index (κ3) is 5.50. The van der Waals surface area contributed by atoms with Crippen LogP contribution in [0.5, 0.6) is 0 Å². The number of unbranched alkanes of at least 4 members (excludes halogenated alkanes) is 2. The van der Waals surface area contributed by atoms with E-state index in [1.165, 1.54) is 56.2 Å². The molecule has 4 heteroatoms. The van der Waals surface area contributed by atoms with E-state index in [9.17, 15) is 8.78 Å². The fourth-order valence-electron chi connectivity index (χ4n) is 6.11. The number of benzene rings is 2. The van der Waals surface area contributed by atoms with E-state index in [-0.39, 0.29) is 0 Å². The molecule has 0 aromatic heterocycles. The van der Waals surface area contributed by atoms with Crippen molar-refractivity contribution < 1.29 is 12.9 Å². The summed E-state index contributed by atoms with van der Waals surface area (Å²) in [5.74, 6) is -0.370. The first-order valence-corrected chi connectivity index (χ1v) is 15.1. The Morgan fingerprint density at radius 3 is 2.06 bits per heavy atom. The third-order valence-corrected chi connectivity index (χ3v) is 12.5. The average molecular weight is 459 g/mol. The molecule has 1 saturated heterocycles. The van der Waals surface area contributed by atoms with E-state index in [4.69, 9.17) is 0 Å². The molecule has 32 heavy (non-hydrogen) atoms. The first-order chi connectivity index (χ1) is 15.5. The summed E-state index contributed by atoms with van der Waals surface area (Å²) in [5.41, 5.74) is 3.21. The molecule has 0 amide bonds. The van der Waals surface area contributed by atoms with Crippen LogP contribution in [0, 0.1) is 17.6 Å². The van der Waals surface area contributed by atoms with Gasteiger partial charge in [0.05, 0.1) is 0 Å². The molecule has 2 aromatic rings. The smallest absolute Gasteiger partial charge is 0.250 e. The Balaban J connectivity index is 1.30. The van der Waals surface area contributed by atoms with Gasteiger partial charge in [-0.15, -0.1) is 0 Å². The zero-order valence-electron chi connectivity index (χ0n) is 19.4. The normalized spacial score (nSPS) is 28.6. The third-order valence-electron chi connectivity index (χ3n) is 8.25. The molecule has 2 aliphatic rings. The molecule has 1 heterocycles. The highest BCUT2D eigenvalue weighted by atomic mass is 28.4. The van der Waals surface area contributed by atoms with Gasteiger partial charge in [-0.2, -0.15) is 0 Å². The van der Waals surface area contributed by atoms with Gasteiger partial charge in [-0.3, -0.25) is 0 Å². The molecular formula is C28H37F3Si. The van der Waals surface area contributed by atoms with Gasteiger partial charge in [0.2, 0.25) is 8.41 Å². The fraction of sp³-hybridized carbons (Fsp3) is 0.571. The van der Waals surface area contributed by atoms with Gasteiger partial charge >= 0.3 is 0 Å². The van der Waals surface area contributed by atoms with Crippen LogP contribution in [0.1, 0.15) is 82.6 Å². The van der Waals surface area contributed by atoms with Gasteiger partial charge in [0, 0.05) is 0 Å². The molecule has 0 N–H and O–H groups in total. The molecule has 1 aliphatic carbocycles. The second-order valence-corrected chi connectivity index (χ2v) is 14.2. The molecule has 0 atom stereocenters. The van der Waals surface area contributed by atoms with E-state index in [1.54, 1.807) is 6.07 Å². The Morgan fingerprint density at radius 2 is 1.44 bits per heavy atom. The molecule has 174 valence electrons. The highest BCUT2D eigenvalue weighted by Crippen LogP contribution is 2.50. The summed E-state index contributed by atoms with van der Waals surface area (Å²) < 4.78 is 42.8. The summed E-state index contributed by atoms with van der Waals surface area (Å²) in [4.78, 5) is 0. The van der Waals surface area contributed by atoms with Gasteiger partial charge in [-0.1, -0.05) is 88.6 Å². The predicted molar refractivity (Wildman–Crippen MR) is 130 cm³/mol. The van der Waals surface area contributed by atoms with E-state index >= 15 is 4.11 Å². The van der Waals surface area contributed by atoms with Gasteiger partial charge in [0.15, 0.2) is 11.6 Å². The zero-order chi connectivity index (χ0) is 22.6. The van der Waals surface area contributed by atoms with Gasteiger partial charge in [-0.05, 0) is 71.1 Å². The van der Waals surface area contributed by atoms with Gasteiger partial charge in [0.1, 0.15) is 0 Å². The Kier molecular flexibility index (Phi) is 7.81. The highest BCUT2D eigenvalue weighted by Gasteiger charge is 2.46. The van der Waals surface area contributed by atoms with Gasteiger partial charge in [-0.25, -0.2) is 8.78 Å². The van der Waals surface area contributed by atoms with Gasteiger partial charge < -0.3 is 4.11 Å². The van der Waals surface area contributed by atoms with Crippen LogP contribution in [-0.2, 0) is 0 Å². The van der Waals surface area contributed by atoms with Crippen molar-refractivity contribution in [3.8, 4) is 11.1 Å². The Bertz CT molecular complexity index is 863. The van der Waals surface area contributed by atoms with Crippen LogP contribution in [0.3, 0.4) is 0 Å². The summed E-state index contributed by atoms with van der Waals surface area (Å²) in [7, 11) is -2.63. The fourth-order valence-corrected chi connectivity index (χ4v) is 10.2. The molecule has 0 unspecified atom stereocenters. The van der Waals surface area contributed by atoms with Crippen molar-refractivity contribution in [3.63, 3.8) is 0 Å². The minimum atomic E-state index is -2.63. The SMILES string of the molecule is CCCCCC1CCC([Si@]2(F)CC[C@@H](c3ccc(-c4ccc(F)c(F)c4)cc3)CC2)CC1. The van der Waals surface area contributed by atoms with Crippen LogP contribution in [0.2, 0.25) is 17.6 Å². The van der Waals surface area contributed by atoms with E-state index in [2.05, 4.69) is 19.1 Å². The first kappa shape index (κ1) is 23.6. The largest absolute Gasteiger partial charge is 0.314 e. The lowest BCUT2D eigenvalue weighted by atomic mass is 9.85. The summed E-state index contributed by atoms with van der Waals surface area (Å²) in [6.07, 6.45) is 12.0. The van der Waals surface area contributed by atoms with Gasteiger partial charge in [0.25, 0.3) is 0 Å². The van der Waals surface area contributed by atoms with E-state index in [0.29, 0.717) is 17.0 Å². The molecular weight excluding hydrogens is 421 g/mol.